The number of piperidine rings is 2. The highest BCUT2D eigenvalue weighted by Crippen LogP contribution is 2.28. The van der Waals surface area contributed by atoms with E-state index in [1.54, 1.807) is 0 Å². The van der Waals surface area contributed by atoms with Crippen LogP contribution in [0.15, 0.2) is 54.6 Å². The number of primary amides is 1. The van der Waals surface area contributed by atoms with E-state index in [0.717, 1.165) is 81.4 Å². The number of nitrogens with one attached hydrogen (secondary N) is 1. The normalized spacial score (nSPS) is 18.5. The molecule has 0 radical (unpaired) electrons. The number of hydrazine groups is 1. The van der Waals surface area contributed by atoms with Crippen LogP contribution in [0.3, 0.4) is 0 Å². The summed E-state index contributed by atoms with van der Waals surface area (Å²) >= 11 is 0. The summed E-state index contributed by atoms with van der Waals surface area (Å²) in [7, 11) is 0. The van der Waals surface area contributed by atoms with E-state index in [1.807, 2.05) is 64.6 Å². The summed E-state index contributed by atoms with van der Waals surface area (Å²) < 4.78 is 5.77. The quantitative estimate of drug-likeness (QED) is 0.356. The van der Waals surface area contributed by atoms with Gasteiger partial charge in [0.1, 0.15) is 6.10 Å². The molecule has 0 aromatic heterocycles. The fraction of sp³-hybridized carbons (Fsp3) is 0.531. The molecule has 3 N–H and O–H groups in total. The first kappa shape index (κ1) is 30.5. The molecule has 9 nitrogen and oxygen atoms in total. The maximum Gasteiger partial charge on any atom is 0.411 e. The molecule has 2 aromatic carbocycles. The Labute approximate surface area is 244 Å². The van der Waals surface area contributed by atoms with E-state index in [9.17, 15) is 14.4 Å². The number of ether oxygens (including phenoxy) is 1. The van der Waals surface area contributed by atoms with Crippen LogP contribution < -0.4 is 11.1 Å². The van der Waals surface area contributed by atoms with Crippen molar-refractivity contribution in [3.8, 4) is 11.1 Å². The van der Waals surface area contributed by atoms with E-state index in [0.29, 0.717) is 26.1 Å². The number of hydrogen-bond acceptors (Lipinski definition) is 6. The minimum atomic E-state index is -0.444. The molecule has 3 amide bonds. The van der Waals surface area contributed by atoms with Gasteiger partial charge in [-0.1, -0.05) is 68.3 Å². The van der Waals surface area contributed by atoms with Crippen molar-refractivity contribution in [3.63, 3.8) is 0 Å². The number of rotatable bonds is 12. The molecule has 41 heavy (non-hydrogen) atoms. The van der Waals surface area contributed by atoms with Crippen LogP contribution in [0.1, 0.15) is 58.3 Å². The smallest absolute Gasteiger partial charge is 0.411 e. The van der Waals surface area contributed by atoms with Gasteiger partial charge >= 0.3 is 6.09 Å². The van der Waals surface area contributed by atoms with Gasteiger partial charge < -0.3 is 15.4 Å². The number of nitrogens with two attached hydrogens (primary N) is 1. The zero-order chi connectivity index (χ0) is 29.0. The monoisotopic (exact) mass is 563 g/mol. The molecule has 2 aromatic rings. The molecule has 0 saturated carbocycles. The Bertz CT molecular complexity index is 1140. The molecule has 2 fully saturated rings. The molecule has 0 bridgehead atoms. The number of likely N-dealkylation sites (tertiary alicyclic amines) is 1. The van der Waals surface area contributed by atoms with Crippen molar-refractivity contribution in [2.75, 3.05) is 44.6 Å². The van der Waals surface area contributed by atoms with Crippen molar-refractivity contribution in [1.29, 1.82) is 0 Å². The van der Waals surface area contributed by atoms with Crippen molar-refractivity contribution in [2.24, 2.45) is 11.7 Å². The zero-order valence-corrected chi connectivity index (χ0v) is 24.3. The summed E-state index contributed by atoms with van der Waals surface area (Å²) in [5.41, 5.74) is 8.28. The van der Waals surface area contributed by atoms with Crippen molar-refractivity contribution < 1.29 is 19.1 Å². The molecule has 4 rings (SSSR count). The second kappa shape index (κ2) is 15.5. The highest BCUT2D eigenvalue weighted by molar-refractivity contribution is 5.91. The van der Waals surface area contributed by atoms with Gasteiger partial charge in [0, 0.05) is 51.3 Å². The Morgan fingerprint density at radius 1 is 0.976 bits per heavy atom. The van der Waals surface area contributed by atoms with Crippen molar-refractivity contribution in [1.82, 2.24) is 14.9 Å². The number of unbranched alkanes of at least 4 members (excludes halogenated alkanes) is 2. The number of carbonyl (C=O) groups is 3. The predicted molar refractivity (Wildman–Crippen MR) is 161 cm³/mol. The van der Waals surface area contributed by atoms with Crippen LogP contribution in [0.5, 0.6) is 0 Å². The number of carbonyl (C=O) groups excluding carboxylic acids is 3. The highest BCUT2D eigenvalue weighted by Gasteiger charge is 2.30. The summed E-state index contributed by atoms with van der Waals surface area (Å²) in [5.74, 6) is -0.385. The number of hydrogen-bond donors (Lipinski definition) is 2. The predicted octanol–water partition coefficient (Wildman–Crippen LogP) is 4.89. The Morgan fingerprint density at radius 3 is 2.44 bits per heavy atom. The lowest BCUT2D eigenvalue weighted by atomic mass is 9.98. The summed E-state index contributed by atoms with van der Waals surface area (Å²) in [6.07, 6.45) is 6.03. The third-order valence-electron chi connectivity index (χ3n) is 8.10. The molecule has 2 saturated heterocycles. The topological polar surface area (TPSA) is 108 Å². The average Bonchev–Trinajstić information content (AvgIpc) is 2.99. The Kier molecular flexibility index (Phi) is 11.6. The van der Waals surface area contributed by atoms with Gasteiger partial charge in [-0.2, -0.15) is 0 Å². The van der Waals surface area contributed by atoms with Gasteiger partial charge in [-0.05, 0) is 43.7 Å². The third kappa shape index (κ3) is 9.03. The standard InChI is InChI=1S/C32H45N5O4/c1-2-3-9-20-37(36-19-10-13-26(24-36)31(33)39)30(38)18-23-35-21-16-27(17-22-35)41-32(40)34-29-15-8-7-14-28(29)25-11-5-4-6-12-25/h4-8,11-12,14-15,26-27H,2-3,9-10,13,16-24H2,1H3,(H2,33,39)(H,34,40). The van der Waals surface area contributed by atoms with Crippen LogP contribution in [0.25, 0.3) is 11.1 Å². The lowest BCUT2D eigenvalue weighted by molar-refractivity contribution is -0.155. The first-order valence-corrected chi connectivity index (χ1v) is 15.1. The summed E-state index contributed by atoms with van der Waals surface area (Å²) in [5, 5.41) is 6.84. The van der Waals surface area contributed by atoms with Gasteiger partial charge in [0.05, 0.1) is 11.6 Å². The number of nitrogens with zero attached hydrogens (tertiary/aromatic N) is 3. The molecule has 1 unspecified atom stereocenters. The van der Waals surface area contributed by atoms with Crippen LogP contribution in [0, 0.1) is 5.92 Å². The summed E-state index contributed by atoms with van der Waals surface area (Å²) in [6, 6.07) is 17.7. The average molecular weight is 564 g/mol. The van der Waals surface area contributed by atoms with Gasteiger partial charge in [-0.25, -0.2) is 9.80 Å². The first-order chi connectivity index (χ1) is 19.9. The fourth-order valence-corrected chi connectivity index (χ4v) is 5.73. The minimum Gasteiger partial charge on any atom is -0.446 e. The Morgan fingerprint density at radius 2 is 1.71 bits per heavy atom. The fourth-order valence-electron chi connectivity index (χ4n) is 5.73. The molecule has 222 valence electrons. The first-order valence-electron chi connectivity index (χ1n) is 15.1. The lowest BCUT2D eigenvalue weighted by Crippen LogP contribution is -2.53. The minimum absolute atomic E-state index is 0.0982. The second-order valence-corrected chi connectivity index (χ2v) is 11.1. The van der Waals surface area contributed by atoms with Gasteiger partial charge in [-0.3, -0.25) is 19.9 Å². The van der Waals surface area contributed by atoms with E-state index in [4.69, 9.17) is 10.5 Å². The van der Waals surface area contributed by atoms with E-state index in [-0.39, 0.29) is 23.8 Å². The largest absolute Gasteiger partial charge is 0.446 e. The maximum absolute atomic E-state index is 13.3. The number of anilines is 1. The van der Waals surface area contributed by atoms with Crippen LogP contribution >= 0.6 is 0 Å². The SMILES string of the molecule is CCCCCN(C(=O)CCN1CCC(OC(=O)Nc2ccccc2-c2ccccc2)CC1)N1CCCC(C(N)=O)C1. The number of amides is 3. The van der Waals surface area contributed by atoms with Crippen molar-refractivity contribution in [2.45, 2.75) is 64.4 Å². The van der Waals surface area contributed by atoms with E-state index in [2.05, 4.69) is 17.1 Å². The van der Waals surface area contributed by atoms with Gasteiger partial charge in [0.25, 0.3) is 0 Å². The van der Waals surface area contributed by atoms with Crippen LogP contribution in [-0.2, 0) is 14.3 Å². The second-order valence-electron chi connectivity index (χ2n) is 11.1. The molecule has 9 heteroatoms. The van der Waals surface area contributed by atoms with E-state index < -0.39 is 6.09 Å². The molecule has 0 aliphatic carbocycles. The van der Waals surface area contributed by atoms with Gasteiger partial charge in [0.15, 0.2) is 0 Å². The lowest BCUT2D eigenvalue weighted by Gasteiger charge is -2.40. The Hall–Kier alpha value is -3.43. The van der Waals surface area contributed by atoms with Gasteiger partial charge in [-0.15, -0.1) is 0 Å². The summed E-state index contributed by atoms with van der Waals surface area (Å²) in [4.78, 5) is 40.1. The van der Waals surface area contributed by atoms with Crippen LogP contribution in [0.4, 0.5) is 10.5 Å². The molecule has 2 aliphatic rings. The number of para-hydroxylation sites is 1. The molecule has 1 atom stereocenters. The van der Waals surface area contributed by atoms with Crippen molar-refractivity contribution in [3.05, 3.63) is 54.6 Å². The summed E-state index contributed by atoms with van der Waals surface area (Å²) in [6.45, 7) is 6.34. The molecule has 2 heterocycles. The molecular weight excluding hydrogens is 518 g/mol. The van der Waals surface area contributed by atoms with E-state index >= 15 is 0 Å². The molecular formula is C32H45N5O4. The molecule has 2 aliphatic heterocycles. The Balaban J connectivity index is 1.23. The van der Waals surface area contributed by atoms with Crippen LogP contribution in [0.2, 0.25) is 0 Å². The third-order valence-corrected chi connectivity index (χ3v) is 8.10. The highest BCUT2D eigenvalue weighted by atomic mass is 16.6. The maximum atomic E-state index is 13.3. The van der Waals surface area contributed by atoms with Gasteiger partial charge in [0.2, 0.25) is 11.8 Å². The molecule has 0 spiro atoms. The zero-order valence-electron chi connectivity index (χ0n) is 24.3. The number of benzene rings is 2. The van der Waals surface area contributed by atoms with Crippen molar-refractivity contribution >= 4 is 23.6 Å². The van der Waals surface area contributed by atoms with Crippen LogP contribution in [-0.4, -0.2) is 78.2 Å². The van der Waals surface area contributed by atoms with E-state index in [1.165, 1.54) is 0 Å².